The van der Waals surface area contributed by atoms with Gasteiger partial charge in [-0.15, -0.1) is 0 Å². The molecular weight excluding hydrogens is 388 g/mol. The molecular formula is C26H32N2O3. The number of Topliss-reactive ketones (excluding diaryl/α,β-unsaturated/α-hetero) is 1. The third kappa shape index (κ3) is 4.23. The van der Waals surface area contributed by atoms with Gasteiger partial charge in [-0.1, -0.05) is 37.3 Å². The molecule has 3 aliphatic rings. The van der Waals surface area contributed by atoms with Gasteiger partial charge in [0, 0.05) is 43.7 Å². The maximum Gasteiger partial charge on any atom is 0.253 e. The molecule has 3 atom stereocenters. The first-order chi connectivity index (χ1) is 14.9. The van der Waals surface area contributed by atoms with Crippen LogP contribution in [0.4, 0.5) is 0 Å². The number of nitrogens with zero attached hydrogens (tertiary/aromatic N) is 2. The Hall–Kier alpha value is -2.69. The van der Waals surface area contributed by atoms with E-state index >= 15 is 0 Å². The molecule has 2 fully saturated rings. The summed E-state index contributed by atoms with van der Waals surface area (Å²) in [6.07, 6.45) is 3.38. The number of piperazine rings is 1. The summed E-state index contributed by atoms with van der Waals surface area (Å²) >= 11 is 0. The summed E-state index contributed by atoms with van der Waals surface area (Å²) in [6, 6.07) is 9.28. The van der Waals surface area contributed by atoms with Gasteiger partial charge < -0.3 is 9.80 Å². The van der Waals surface area contributed by atoms with Crippen LogP contribution in [0.5, 0.6) is 0 Å². The number of ketones is 1. The zero-order valence-electron chi connectivity index (χ0n) is 18.6. The Morgan fingerprint density at radius 2 is 1.61 bits per heavy atom. The van der Waals surface area contributed by atoms with Crippen molar-refractivity contribution in [1.82, 2.24) is 9.80 Å². The first-order valence-corrected chi connectivity index (χ1v) is 11.4. The summed E-state index contributed by atoms with van der Waals surface area (Å²) in [7, 11) is 0. The molecule has 2 aliphatic carbocycles. The predicted molar refractivity (Wildman–Crippen MR) is 120 cm³/mol. The quantitative estimate of drug-likeness (QED) is 0.698. The number of fused-ring (bicyclic) bond motifs is 1. The molecule has 0 spiro atoms. The van der Waals surface area contributed by atoms with Crippen molar-refractivity contribution in [2.45, 2.75) is 39.5 Å². The second kappa shape index (κ2) is 8.81. The fraction of sp³-hybridized carbons (Fsp3) is 0.500. The highest BCUT2D eigenvalue weighted by Gasteiger charge is 2.38. The Balaban J connectivity index is 1.38. The van der Waals surface area contributed by atoms with E-state index in [0.717, 1.165) is 24.8 Å². The van der Waals surface area contributed by atoms with Crippen LogP contribution < -0.4 is 0 Å². The van der Waals surface area contributed by atoms with Gasteiger partial charge in [-0.2, -0.15) is 0 Å². The molecule has 1 aliphatic heterocycles. The van der Waals surface area contributed by atoms with E-state index in [-0.39, 0.29) is 23.5 Å². The van der Waals surface area contributed by atoms with Crippen LogP contribution >= 0.6 is 0 Å². The third-order valence-corrected chi connectivity index (χ3v) is 7.52. The number of allylic oxidation sites excluding steroid dienone is 2. The summed E-state index contributed by atoms with van der Waals surface area (Å²) in [4.78, 5) is 41.8. The lowest BCUT2D eigenvalue weighted by Crippen LogP contribution is -2.51. The van der Waals surface area contributed by atoms with Crippen LogP contribution in [0, 0.1) is 17.8 Å². The summed E-state index contributed by atoms with van der Waals surface area (Å²) in [5.74, 6) is 1.20. The minimum Gasteiger partial charge on any atom is -0.335 e. The van der Waals surface area contributed by atoms with Gasteiger partial charge in [-0.25, -0.2) is 0 Å². The molecule has 0 bridgehead atoms. The predicted octanol–water partition coefficient (Wildman–Crippen LogP) is 3.87. The first-order valence-electron chi connectivity index (χ1n) is 11.4. The smallest absolute Gasteiger partial charge is 0.253 e. The normalized spacial score (nSPS) is 26.5. The fourth-order valence-electron chi connectivity index (χ4n) is 5.37. The van der Waals surface area contributed by atoms with E-state index in [9.17, 15) is 14.4 Å². The molecule has 2 amide bonds. The summed E-state index contributed by atoms with van der Waals surface area (Å²) in [5.41, 5.74) is 3.52. The van der Waals surface area contributed by atoms with Gasteiger partial charge in [-0.05, 0) is 61.6 Å². The molecule has 1 saturated carbocycles. The lowest BCUT2D eigenvalue weighted by atomic mass is 9.86. The number of carbonyl (C=O) groups is 3. The molecule has 1 saturated heterocycles. The fourth-order valence-corrected chi connectivity index (χ4v) is 5.37. The summed E-state index contributed by atoms with van der Waals surface area (Å²) < 4.78 is 0. The number of hydrogen-bond acceptors (Lipinski definition) is 3. The van der Waals surface area contributed by atoms with E-state index in [1.54, 1.807) is 0 Å². The monoisotopic (exact) mass is 420 g/mol. The standard InChI is InChI=1S/C26H32N2O3/c1-17-9-10-21(15-23-19(3)24(29)16-22(17)23)18(2)25(30)27-11-13-28(14-12-27)26(31)20-7-5-4-6-8-20/h4-8,17,21-22H,2,9-16H2,1,3H3/t17-,21+,22-/m0/s1. The van der Waals surface area contributed by atoms with Gasteiger partial charge in [0.2, 0.25) is 5.91 Å². The summed E-state index contributed by atoms with van der Waals surface area (Å²) in [6.45, 7) is 10.5. The number of amides is 2. The van der Waals surface area contributed by atoms with Crippen LogP contribution in [0.1, 0.15) is 49.9 Å². The molecule has 31 heavy (non-hydrogen) atoms. The zero-order valence-corrected chi connectivity index (χ0v) is 18.6. The number of rotatable bonds is 3. The van der Waals surface area contributed by atoms with Crippen molar-refractivity contribution in [1.29, 1.82) is 0 Å². The minimum absolute atomic E-state index is 0.00508. The van der Waals surface area contributed by atoms with Crippen molar-refractivity contribution in [3.05, 3.63) is 59.2 Å². The number of carbonyl (C=O) groups excluding carboxylic acids is 3. The van der Waals surface area contributed by atoms with Gasteiger partial charge in [0.25, 0.3) is 5.91 Å². The molecule has 1 aromatic rings. The third-order valence-electron chi connectivity index (χ3n) is 7.52. The maximum atomic E-state index is 13.2. The zero-order chi connectivity index (χ0) is 22.1. The first kappa shape index (κ1) is 21.5. The second-order valence-electron chi connectivity index (χ2n) is 9.32. The molecule has 5 nitrogen and oxygen atoms in total. The average Bonchev–Trinajstić information content (AvgIpc) is 2.98. The summed E-state index contributed by atoms with van der Waals surface area (Å²) in [5, 5.41) is 0. The number of hydrogen-bond donors (Lipinski definition) is 0. The van der Waals surface area contributed by atoms with Crippen LogP contribution in [0.3, 0.4) is 0 Å². The van der Waals surface area contributed by atoms with Crippen LogP contribution in [0.15, 0.2) is 53.6 Å². The van der Waals surface area contributed by atoms with Crippen molar-refractivity contribution in [3.63, 3.8) is 0 Å². The maximum absolute atomic E-state index is 13.2. The molecule has 164 valence electrons. The van der Waals surface area contributed by atoms with E-state index in [2.05, 4.69) is 13.5 Å². The Bertz CT molecular complexity index is 925. The molecule has 0 unspecified atom stereocenters. The van der Waals surface area contributed by atoms with E-state index in [4.69, 9.17) is 0 Å². The van der Waals surface area contributed by atoms with Crippen LogP contribution in [-0.2, 0) is 9.59 Å². The Morgan fingerprint density at radius 3 is 2.29 bits per heavy atom. The van der Waals surface area contributed by atoms with Gasteiger partial charge in [0.1, 0.15) is 0 Å². The van der Waals surface area contributed by atoms with Crippen LogP contribution in [0.25, 0.3) is 0 Å². The molecule has 5 heteroatoms. The van der Waals surface area contributed by atoms with Crippen molar-refractivity contribution in [3.8, 4) is 0 Å². The van der Waals surface area contributed by atoms with E-state index in [1.165, 1.54) is 5.57 Å². The largest absolute Gasteiger partial charge is 0.335 e. The Morgan fingerprint density at radius 1 is 0.968 bits per heavy atom. The molecule has 0 N–H and O–H groups in total. The number of benzene rings is 1. The lowest BCUT2D eigenvalue weighted by molar-refractivity contribution is -0.129. The second-order valence-corrected chi connectivity index (χ2v) is 9.32. The highest BCUT2D eigenvalue weighted by atomic mass is 16.2. The molecule has 1 heterocycles. The van der Waals surface area contributed by atoms with Gasteiger partial charge in [-0.3, -0.25) is 14.4 Å². The lowest BCUT2D eigenvalue weighted by Gasteiger charge is -2.36. The van der Waals surface area contributed by atoms with Crippen molar-refractivity contribution < 1.29 is 14.4 Å². The van der Waals surface area contributed by atoms with Gasteiger partial charge in [0.15, 0.2) is 5.78 Å². The van der Waals surface area contributed by atoms with Crippen LogP contribution in [0.2, 0.25) is 0 Å². The molecule has 1 aromatic carbocycles. The minimum atomic E-state index is 0.00508. The Kier molecular flexibility index (Phi) is 6.12. The van der Waals surface area contributed by atoms with E-state index in [1.807, 2.05) is 47.1 Å². The SMILES string of the molecule is C=C(C(=O)N1CCN(C(=O)c2ccccc2)CC1)[C@@H]1CC[C@H](C)[C@@H]2CC(=O)C(C)=C2C1. The average molecular weight is 421 g/mol. The highest BCUT2D eigenvalue weighted by molar-refractivity contribution is 5.99. The van der Waals surface area contributed by atoms with Gasteiger partial charge >= 0.3 is 0 Å². The molecule has 4 rings (SSSR count). The van der Waals surface area contributed by atoms with E-state index in [0.29, 0.717) is 55.6 Å². The molecule has 0 radical (unpaired) electrons. The highest BCUT2D eigenvalue weighted by Crippen LogP contribution is 2.45. The van der Waals surface area contributed by atoms with E-state index < -0.39 is 0 Å². The van der Waals surface area contributed by atoms with Crippen molar-refractivity contribution >= 4 is 17.6 Å². The molecule has 0 aromatic heterocycles. The topological polar surface area (TPSA) is 57.7 Å². The van der Waals surface area contributed by atoms with Crippen LogP contribution in [-0.4, -0.2) is 53.6 Å². The van der Waals surface area contributed by atoms with Crippen molar-refractivity contribution in [2.24, 2.45) is 17.8 Å². The van der Waals surface area contributed by atoms with Gasteiger partial charge in [0.05, 0.1) is 0 Å². The Labute approximate surface area is 184 Å². The van der Waals surface area contributed by atoms with Crippen molar-refractivity contribution in [2.75, 3.05) is 26.2 Å².